The van der Waals surface area contributed by atoms with E-state index in [1.165, 1.54) is 30.5 Å². The van der Waals surface area contributed by atoms with Gasteiger partial charge < -0.3 is 9.47 Å². The number of amides is 1. The summed E-state index contributed by atoms with van der Waals surface area (Å²) in [6.07, 6.45) is 2.38. The second-order valence-electron chi connectivity index (χ2n) is 5.32. The van der Waals surface area contributed by atoms with Crippen molar-refractivity contribution in [1.29, 1.82) is 0 Å². The highest BCUT2D eigenvalue weighted by Crippen LogP contribution is 2.36. The Labute approximate surface area is 160 Å². The van der Waals surface area contributed by atoms with Crippen molar-refractivity contribution >= 4 is 28.1 Å². The van der Waals surface area contributed by atoms with Crippen molar-refractivity contribution in [3.05, 3.63) is 57.8 Å². The van der Waals surface area contributed by atoms with E-state index in [0.717, 1.165) is 16.5 Å². The summed E-state index contributed by atoms with van der Waals surface area (Å²) in [6, 6.07) is 8.83. The van der Waals surface area contributed by atoms with Gasteiger partial charge in [-0.2, -0.15) is 5.10 Å². The molecule has 2 aromatic carbocycles. The van der Waals surface area contributed by atoms with Crippen LogP contribution in [-0.2, 0) is 0 Å². The number of hydrogen-bond acceptors (Lipinski definition) is 4. The highest BCUT2D eigenvalue weighted by Gasteiger charge is 2.11. The summed E-state index contributed by atoms with van der Waals surface area (Å²) in [4.78, 5) is 12.0. The summed E-state index contributed by atoms with van der Waals surface area (Å²) in [5, 5.41) is 3.94. The monoisotopic (exact) mass is 422 g/mol. The van der Waals surface area contributed by atoms with Crippen molar-refractivity contribution in [3.8, 4) is 11.5 Å². The third-order valence-corrected chi connectivity index (χ3v) is 3.86. The Balaban J connectivity index is 2.11. The predicted octanol–water partition coefficient (Wildman–Crippen LogP) is 4.54. The van der Waals surface area contributed by atoms with Crippen molar-refractivity contribution in [2.24, 2.45) is 5.10 Å². The molecule has 0 heterocycles. The highest BCUT2D eigenvalue weighted by atomic mass is 79.9. The van der Waals surface area contributed by atoms with E-state index >= 15 is 0 Å². The minimum atomic E-state index is -0.423. The molecular formula is C19H20BrFN2O3. The molecule has 26 heavy (non-hydrogen) atoms. The van der Waals surface area contributed by atoms with Crippen LogP contribution < -0.4 is 14.9 Å². The SMILES string of the molecule is CCCOc1c(Br)cc(/C=N\NC(=O)c2ccc(F)cc2)cc1OCC. The molecule has 0 aliphatic carbocycles. The van der Waals surface area contributed by atoms with E-state index in [0.29, 0.717) is 30.3 Å². The van der Waals surface area contributed by atoms with Crippen LogP contribution in [0, 0.1) is 5.82 Å². The number of carbonyl (C=O) groups is 1. The van der Waals surface area contributed by atoms with Crippen LogP contribution in [0.1, 0.15) is 36.2 Å². The zero-order valence-electron chi connectivity index (χ0n) is 14.6. The minimum absolute atomic E-state index is 0.322. The van der Waals surface area contributed by atoms with Gasteiger partial charge in [-0.3, -0.25) is 4.79 Å². The molecule has 2 rings (SSSR count). The average Bonchev–Trinajstić information content (AvgIpc) is 2.62. The summed E-state index contributed by atoms with van der Waals surface area (Å²) in [7, 11) is 0. The quantitative estimate of drug-likeness (QED) is 0.501. The van der Waals surface area contributed by atoms with Crippen molar-refractivity contribution in [3.63, 3.8) is 0 Å². The van der Waals surface area contributed by atoms with Gasteiger partial charge in [-0.1, -0.05) is 6.92 Å². The third-order valence-electron chi connectivity index (χ3n) is 3.27. The molecule has 7 heteroatoms. The lowest BCUT2D eigenvalue weighted by atomic mass is 10.2. The van der Waals surface area contributed by atoms with Crippen LogP contribution in [-0.4, -0.2) is 25.3 Å². The number of hydrogen-bond donors (Lipinski definition) is 1. The van der Waals surface area contributed by atoms with Crippen molar-refractivity contribution in [2.75, 3.05) is 13.2 Å². The van der Waals surface area contributed by atoms with Crippen molar-refractivity contribution in [1.82, 2.24) is 5.43 Å². The number of nitrogens with one attached hydrogen (secondary N) is 1. The molecule has 0 aliphatic heterocycles. The fourth-order valence-corrected chi connectivity index (χ4v) is 2.68. The number of nitrogens with zero attached hydrogens (tertiary/aromatic N) is 1. The molecule has 138 valence electrons. The third kappa shape index (κ3) is 5.56. The maximum Gasteiger partial charge on any atom is 0.271 e. The van der Waals surface area contributed by atoms with Crippen LogP contribution >= 0.6 is 15.9 Å². The lowest BCUT2D eigenvalue weighted by Crippen LogP contribution is -2.17. The van der Waals surface area contributed by atoms with Crippen LogP contribution in [0.25, 0.3) is 0 Å². The molecular weight excluding hydrogens is 403 g/mol. The number of carbonyl (C=O) groups excluding carboxylic acids is 1. The van der Waals surface area contributed by atoms with Crippen LogP contribution in [0.15, 0.2) is 46.0 Å². The molecule has 0 spiro atoms. The van der Waals surface area contributed by atoms with Crippen molar-refractivity contribution in [2.45, 2.75) is 20.3 Å². The number of benzene rings is 2. The first kappa shape index (κ1) is 19.9. The van der Waals surface area contributed by atoms with E-state index in [1.807, 2.05) is 19.9 Å². The average molecular weight is 423 g/mol. The zero-order chi connectivity index (χ0) is 18.9. The van der Waals surface area contributed by atoms with Gasteiger partial charge in [0.25, 0.3) is 5.91 Å². The van der Waals surface area contributed by atoms with E-state index in [1.54, 1.807) is 6.07 Å². The first-order chi connectivity index (χ1) is 12.5. The number of ether oxygens (including phenoxy) is 2. The number of hydrazone groups is 1. The molecule has 0 bridgehead atoms. The molecule has 1 N–H and O–H groups in total. The standard InChI is InChI=1S/C19H20BrFN2O3/c1-3-9-26-18-16(20)10-13(11-17(18)25-4-2)12-22-23-19(24)14-5-7-15(21)8-6-14/h5-8,10-12H,3-4,9H2,1-2H3,(H,23,24)/b22-12-. The summed E-state index contributed by atoms with van der Waals surface area (Å²) in [6.45, 7) is 5.00. The Morgan fingerprint density at radius 1 is 1.23 bits per heavy atom. The fraction of sp³-hybridized carbons (Fsp3) is 0.263. The Morgan fingerprint density at radius 3 is 2.62 bits per heavy atom. The second kappa shape index (κ2) is 9.91. The molecule has 0 saturated heterocycles. The van der Waals surface area contributed by atoms with Crippen LogP contribution in [0.3, 0.4) is 0 Å². The van der Waals surface area contributed by atoms with E-state index in [2.05, 4.69) is 26.5 Å². The Kier molecular flexibility index (Phi) is 7.59. The molecule has 1 amide bonds. The summed E-state index contributed by atoms with van der Waals surface area (Å²) in [5.74, 6) is 0.416. The first-order valence-electron chi connectivity index (χ1n) is 8.23. The smallest absolute Gasteiger partial charge is 0.271 e. The molecule has 0 atom stereocenters. The molecule has 5 nitrogen and oxygen atoms in total. The number of rotatable bonds is 8. The summed E-state index contributed by atoms with van der Waals surface area (Å²) < 4.78 is 25.0. The van der Waals surface area contributed by atoms with Gasteiger partial charge in [0, 0.05) is 5.56 Å². The van der Waals surface area contributed by atoms with Crippen LogP contribution in [0.5, 0.6) is 11.5 Å². The summed E-state index contributed by atoms with van der Waals surface area (Å²) in [5.41, 5.74) is 3.46. The maximum atomic E-state index is 12.9. The Morgan fingerprint density at radius 2 is 1.96 bits per heavy atom. The van der Waals surface area contributed by atoms with Crippen molar-refractivity contribution < 1.29 is 18.7 Å². The van der Waals surface area contributed by atoms with Gasteiger partial charge >= 0.3 is 0 Å². The first-order valence-corrected chi connectivity index (χ1v) is 9.02. The second-order valence-corrected chi connectivity index (χ2v) is 6.17. The zero-order valence-corrected chi connectivity index (χ0v) is 16.2. The Hall–Kier alpha value is -2.41. The Bertz CT molecular complexity index is 779. The number of halogens is 2. The lowest BCUT2D eigenvalue weighted by Gasteiger charge is -2.14. The van der Waals surface area contributed by atoms with Crippen LogP contribution in [0.4, 0.5) is 4.39 Å². The molecule has 0 radical (unpaired) electrons. The fourth-order valence-electron chi connectivity index (χ4n) is 2.10. The van der Waals surface area contributed by atoms with E-state index < -0.39 is 11.7 Å². The molecule has 0 saturated carbocycles. The topological polar surface area (TPSA) is 59.9 Å². The largest absolute Gasteiger partial charge is 0.490 e. The molecule has 0 fully saturated rings. The molecule has 0 unspecified atom stereocenters. The van der Waals surface area contributed by atoms with Gasteiger partial charge in [-0.25, -0.2) is 9.82 Å². The van der Waals surface area contributed by atoms with Gasteiger partial charge in [-0.15, -0.1) is 0 Å². The van der Waals surface area contributed by atoms with Gasteiger partial charge in [0.15, 0.2) is 11.5 Å². The highest BCUT2D eigenvalue weighted by molar-refractivity contribution is 9.10. The van der Waals surface area contributed by atoms with E-state index in [-0.39, 0.29) is 0 Å². The predicted molar refractivity (Wildman–Crippen MR) is 103 cm³/mol. The molecule has 0 aromatic heterocycles. The van der Waals surface area contributed by atoms with Gasteiger partial charge in [0.1, 0.15) is 5.82 Å². The lowest BCUT2D eigenvalue weighted by molar-refractivity contribution is 0.0955. The maximum absolute atomic E-state index is 12.9. The summed E-state index contributed by atoms with van der Waals surface area (Å²) >= 11 is 3.47. The van der Waals surface area contributed by atoms with Gasteiger partial charge in [0.05, 0.1) is 23.9 Å². The minimum Gasteiger partial charge on any atom is -0.490 e. The van der Waals surface area contributed by atoms with Gasteiger partial charge in [-0.05, 0) is 71.2 Å². The normalized spacial score (nSPS) is 10.8. The van der Waals surface area contributed by atoms with Crippen LogP contribution in [0.2, 0.25) is 0 Å². The van der Waals surface area contributed by atoms with Gasteiger partial charge in [0.2, 0.25) is 0 Å². The van der Waals surface area contributed by atoms with E-state index in [9.17, 15) is 9.18 Å². The van der Waals surface area contributed by atoms with E-state index in [4.69, 9.17) is 9.47 Å². The molecule has 2 aromatic rings. The molecule has 0 aliphatic rings.